The zero-order valence-electron chi connectivity index (χ0n) is 15.8. The van der Waals surface area contributed by atoms with E-state index in [1.807, 2.05) is 13.8 Å². The van der Waals surface area contributed by atoms with Crippen molar-refractivity contribution in [1.82, 2.24) is 0 Å². The zero-order chi connectivity index (χ0) is 19.9. The topological polar surface area (TPSA) is 81.7 Å². The molecule has 0 radical (unpaired) electrons. The van der Waals surface area contributed by atoms with E-state index in [-0.39, 0.29) is 10.7 Å². The van der Waals surface area contributed by atoms with Crippen molar-refractivity contribution in [3.05, 3.63) is 48.0 Å². The highest BCUT2D eigenvalue weighted by molar-refractivity contribution is 7.92. The predicted molar refractivity (Wildman–Crippen MR) is 105 cm³/mol. The molecule has 27 heavy (non-hydrogen) atoms. The quantitative estimate of drug-likeness (QED) is 0.612. The van der Waals surface area contributed by atoms with Gasteiger partial charge in [-0.15, -0.1) is 0 Å². The Bertz CT molecular complexity index is 876. The Labute approximate surface area is 160 Å². The van der Waals surface area contributed by atoms with Crippen LogP contribution in [0, 0.1) is 0 Å². The lowest BCUT2D eigenvalue weighted by molar-refractivity contribution is 0.101. The van der Waals surface area contributed by atoms with Crippen molar-refractivity contribution in [3.8, 4) is 11.5 Å². The van der Waals surface area contributed by atoms with Gasteiger partial charge in [-0.3, -0.25) is 9.52 Å². The molecule has 0 heterocycles. The average molecular weight is 391 g/mol. The SMILES string of the molecule is CCCOc1ccc(NS(=O)(=O)c2ccc(C(C)=O)cc2)cc1OCCC. The Hall–Kier alpha value is -2.54. The summed E-state index contributed by atoms with van der Waals surface area (Å²) in [6.07, 6.45) is 1.68. The maximum Gasteiger partial charge on any atom is 0.261 e. The largest absolute Gasteiger partial charge is 0.490 e. The lowest BCUT2D eigenvalue weighted by Crippen LogP contribution is -2.13. The monoisotopic (exact) mass is 391 g/mol. The summed E-state index contributed by atoms with van der Waals surface area (Å²) in [6.45, 7) is 6.49. The molecule has 2 aromatic carbocycles. The molecule has 2 aromatic rings. The normalized spacial score (nSPS) is 11.1. The molecule has 0 aliphatic rings. The molecule has 146 valence electrons. The van der Waals surface area contributed by atoms with E-state index in [1.54, 1.807) is 18.2 Å². The van der Waals surface area contributed by atoms with E-state index >= 15 is 0 Å². The van der Waals surface area contributed by atoms with Gasteiger partial charge in [0.25, 0.3) is 10.0 Å². The summed E-state index contributed by atoms with van der Waals surface area (Å²) in [5, 5.41) is 0. The number of hydrogen-bond acceptors (Lipinski definition) is 5. The first-order valence-electron chi connectivity index (χ1n) is 8.90. The number of hydrogen-bond donors (Lipinski definition) is 1. The number of Topliss-reactive ketones (excluding diaryl/α,β-unsaturated/α-hetero) is 1. The van der Waals surface area contributed by atoms with E-state index in [4.69, 9.17) is 9.47 Å². The fourth-order valence-corrected chi connectivity index (χ4v) is 3.36. The second kappa shape index (κ2) is 9.41. The lowest BCUT2D eigenvalue weighted by atomic mass is 10.2. The smallest absolute Gasteiger partial charge is 0.261 e. The standard InChI is InChI=1S/C20H25NO5S/c1-4-12-25-19-11-8-17(14-20(19)26-13-5-2)21-27(23,24)18-9-6-16(7-10-18)15(3)22/h6-11,14,21H,4-5,12-13H2,1-3H3. The van der Waals surface area contributed by atoms with Gasteiger partial charge in [0, 0.05) is 11.6 Å². The predicted octanol–water partition coefficient (Wildman–Crippen LogP) is 4.27. The first kappa shape index (κ1) is 20.8. The molecule has 6 nitrogen and oxygen atoms in total. The van der Waals surface area contributed by atoms with Gasteiger partial charge in [0.05, 0.1) is 23.8 Å². The van der Waals surface area contributed by atoms with Crippen LogP contribution in [0.15, 0.2) is 47.4 Å². The van der Waals surface area contributed by atoms with Crippen molar-refractivity contribution in [3.63, 3.8) is 0 Å². The number of rotatable bonds is 10. The number of carbonyl (C=O) groups excluding carboxylic acids is 1. The molecule has 1 N–H and O–H groups in total. The second-order valence-electron chi connectivity index (χ2n) is 6.04. The Morgan fingerprint density at radius 3 is 2.07 bits per heavy atom. The van der Waals surface area contributed by atoms with Crippen LogP contribution in [0.2, 0.25) is 0 Å². The van der Waals surface area contributed by atoms with E-state index in [0.29, 0.717) is 36.0 Å². The average Bonchev–Trinajstić information content (AvgIpc) is 2.65. The highest BCUT2D eigenvalue weighted by Crippen LogP contribution is 2.32. The maximum absolute atomic E-state index is 12.6. The number of nitrogens with one attached hydrogen (secondary N) is 1. The van der Waals surface area contributed by atoms with Gasteiger partial charge in [-0.05, 0) is 44.0 Å². The summed E-state index contributed by atoms with van der Waals surface area (Å²) in [5.41, 5.74) is 0.835. The van der Waals surface area contributed by atoms with Crippen molar-refractivity contribution in [1.29, 1.82) is 0 Å². The van der Waals surface area contributed by atoms with Crippen LogP contribution < -0.4 is 14.2 Å². The highest BCUT2D eigenvalue weighted by Gasteiger charge is 2.16. The number of sulfonamides is 1. The van der Waals surface area contributed by atoms with Gasteiger partial charge in [-0.25, -0.2) is 8.42 Å². The highest BCUT2D eigenvalue weighted by atomic mass is 32.2. The van der Waals surface area contributed by atoms with E-state index in [1.165, 1.54) is 31.2 Å². The van der Waals surface area contributed by atoms with Gasteiger partial charge in [0.15, 0.2) is 17.3 Å². The molecule has 0 atom stereocenters. The summed E-state index contributed by atoms with van der Waals surface area (Å²) < 4.78 is 39.1. The van der Waals surface area contributed by atoms with Crippen LogP contribution in [0.5, 0.6) is 11.5 Å². The fraction of sp³-hybridized carbons (Fsp3) is 0.350. The summed E-state index contributed by atoms with van der Waals surface area (Å²) in [7, 11) is -3.78. The molecule has 0 saturated carbocycles. The number of benzene rings is 2. The molecule has 2 rings (SSSR count). The molecule has 0 saturated heterocycles. The van der Waals surface area contributed by atoms with Crippen molar-refractivity contribution in [2.75, 3.05) is 17.9 Å². The minimum atomic E-state index is -3.78. The van der Waals surface area contributed by atoms with Crippen LogP contribution in [0.4, 0.5) is 5.69 Å². The summed E-state index contributed by atoms with van der Waals surface area (Å²) >= 11 is 0. The third-order valence-electron chi connectivity index (χ3n) is 3.69. The van der Waals surface area contributed by atoms with Crippen LogP contribution in [0.3, 0.4) is 0 Å². The summed E-state index contributed by atoms with van der Waals surface area (Å²) in [6, 6.07) is 10.7. The van der Waals surface area contributed by atoms with Crippen molar-refractivity contribution < 1.29 is 22.7 Å². The Morgan fingerprint density at radius 2 is 1.52 bits per heavy atom. The van der Waals surface area contributed by atoms with Gasteiger partial charge < -0.3 is 9.47 Å². The van der Waals surface area contributed by atoms with E-state index in [0.717, 1.165) is 12.8 Å². The minimum absolute atomic E-state index is 0.0786. The molecule has 0 amide bonds. The molecule has 0 aliphatic carbocycles. The van der Waals surface area contributed by atoms with Crippen molar-refractivity contribution in [2.45, 2.75) is 38.5 Å². The van der Waals surface area contributed by atoms with Gasteiger partial charge in [-0.1, -0.05) is 26.0 Å². The first-order chi connectivity index (χ1) is 12.9. The van der Waals surface area contributed by atoms with Crippen molar-refractivity contribution in [2.24, 2.45) is 0 Å². The molecular weight excluding hydrogens is 366 g/mol. The molecule has 0 bridgehead atoms. The molecule has 7 heteroatoms. The Morgan fingerprint density at radius 1 is 0.926 bits per heavy atom. The molecule has 0 aromatic heterocycles. The summed E-state index contributed by atoms with van der Waals surface area (Å²) in [4.78, 5) is 11.4. The zero-order valence-corrected chi connectivity index (χ0v) is 16.6. The number of ether oxygens (including phenoxy) is 2. The maximum atomic E-state index is 12.6. The van der Waals surface area contributed by atoms with E-state index in [2.05, 4.69) is 4.72 Å². The fourth-order valence-electron chi connectivity index (χ4n) is 2.31. The summed E-state index contributed by atoms with van der Waals surface area (Å²) in [5.74, 6) is 0.962. The van der Waals surface area contributed by atoms with Gasteiger partial charge in [0.1, 0.15) is 0 Å². The van der Waals surface area contributed by atoms with Gasteiger partial charge in [0.2, 0.25) is 0 Å². The van der Waals surface area contributed by atoms with Gasteiger partial charge >= 0.3 is 0 Å². The molecule has 0 unspecified atom stereocenters. The third kappa shape index (κ3) is 5.72. The molecule has 0 fully saturated rings. The first-order valence-corrected chi connectivity index (χ1v) is 10.4. The minimum Gasteiger partial charge on any atom is -0.490 e. The van der Waals surface area contributed by atoms with Crippen LogP contribution in [0.1, 0.15) is 44.0 Å². The van der Waals surface area contributed by atoms with E-state index in [9.17, 15) is 13.2 Å². The second-order valence-corrected chi connectivity index (χ2v) is 7.73. The van der Waals surface area contributed by atoms with Crippen molar-refractivity contribution >= 4 is 21.5 Å². The van der Waals surface area contributed by atoms with Crippen LogP contribution >= 0.6 is 0 Å². The van der Waals surface area contributed by atoms with Crippen LogP contribution in [-0.2, 0) is 10.0 Å². The van der Waals surface area contributed by atoms with Gasteiger partial charge in [-0.2, -0.15) is 0 Å². The number of carbonyl (C=O) groups is 1. The van der Waals surface area contributed by atoms with Crippen LogP contribution in [-0.4, -0.2) is 27.4 Å². The number of anilines is 1. The molecular formula is C20H25NO5S. The Kier molecular flexibility index (Phi) is 7.24. The molecule has 0 aliphatic heterocycles. The third-order valence-corrected chi connectivity index (χ3v) is 5.09. The van der Waals surface area contributed by atoms with Crippen LogP contribution in [0.25, 0.3) is 0 Å². The number of ketones is 1. The molecule has 0 spiro atoms. The lowest BCUT2D eigenvalue weighted by Gasteiger charge is -2.14. The van der Waals surface area contributed by atoms with E-state index < -0.39 is 10.0 Å². The Balaban J connectivity index is 2.24.